The van der Waals surface area contributed by atoms with Crippen LogP contribution in [0.2, 0.25) is 5.02 Å². The van der Waals surface area contributed by atoms with Gasteiger partial charge in [0, 0.05) is 9.90 Å². The number of aryl methyl sites for hydroxylation is 1. The molecule has 1 amide bonds. The number of amides is 1. The van der Waals surface area contributed by atoms with Crippen molar-refractivity contribution in [3.8, 4) is 0 Å². The average molecular weight is 416 g/mol. The van der Waals surface area contributed by atoms with E-state index in [-0.39, 0.29) is 24.1 Å². The van der Waals surface area contributed by atoms with Crippen molar-refractivity contribution >= 4 is 39.1 Å². The van der Waals surface area contributed by atoms with E-state index < -0.39 is 0 Å². The molecule has 146 valence electrons. The van der Waals surface area contributed by atoms with Crippen LogP contribution in [0.3, 0.4) is 0 Å². The van der Waals surface area contributed by atoms with Crippen LogP contribution < -0.4 is 10.9 Å². The molecule has 1 N–H and O–H groups in total. The molecule has 3 aromatic rings. The van der Waals surface area contributed by atoms with Gasteiger partial charge in [0.2, 0.25) is 5.91 Å². The Hall–Kier alpha value is -2.18. The number of hydrogen-bond donors (Lipinski definition) is 1. The van der Waals surface area contributed by atoms with Crippen LogP contribution in [0.1, 0.15) is 42.3 Å². The van der Waals surface area contributed by atoms with Gasteiger partial charge in [-0.05, 0) is 55.4 Å². The molecule has 2 atom stereocenters. The minimum absolute atomic E-state index is 0.0409. The van der Waals surface area contributed by atoms with E-state index in [1.165, 1.54) is 15.8 Å². The topological polar surface area (TPSA) is 64.0 Å². The van der Waals surface area contributed by atoms with Crippen molar-refractivity contribution in [3.05, 3.63) is 62.0 Å². The molecule has 0 radical (unpaired) electrons. The first-order valence-electron chi connectivity index (χ1n) is 9.47. The number of rotatable bonds is 4. The summed E-state index contributed by atoms with van der Waals surface area (Å²) in [5.74, 6) is 0.423. The fourth-order valence-electron chi connectivity index (χ4n) is 3.76. The van der Waals surface area contributed by atoms with Crippen LogP contribution in [0.25, 0.3) is 10.2 Å². The molecule has 0 fully saturated rings. The summed E-state index contributed by atoms with van der Waals surface area (Å²) < 4.78 is 1.41. The van der Waals surface area contributed by atoms with Gasteiger partial charge >= 0.3 is 0 Å². The molecule has 5 nitrogen and oxygen atoms in total. The predicted molar refractivity (Wildman–Crippen MR) is 113 cm³/mol. The van der Waals surface area contributed by atoms with Gasteiger partial charge in [-0.2, -0.15) is 0 Å². The van der Waals surface area contributed by atoms with Crippen LogP contribution >= 0.6 is 22.9 Å². The summed E-state index contributed by atoms with van der Waals surface area (Å²) in [5, 5.41) is 4.29. The summed E-state index contributed by atoms with van der Waals surface area (Å²) in [6.45, 7) is 4.10. The Bertz CT molecular complexity index is 1090. The van der Waals surface area contributed by atoms with Gasteiger partial charge in [0.15, 0.2) is 0 Å². The molecule has 0 bridgehead atoms. The Morgan fingerprint density at radius 3 is 2.89 bits per heavy atom. The van der Waals surface area contributed by atoms with Crippen LogP contribution in [0.4, 0.5) is 0 Å². The van der Waals surface area contributed by atoms with Crippen molar-refractivity contribution in [3.63, 3.8) is 0 Å². The molecule has 4 rings (SSSR count). The lowest BCUT2D eigenvalue weighted by Gasteiger charge is -2.17. The van der Waals surface area contributed by atoms with E-state index in [1.807, 2.05) is 19.1 Å². The van der Waals surface area contributed by atoms with Crippen LogP contribution in [0.15, 0.2) is 35.4 Å². The molecule has 2 aromatic heterocycles. The largest absolute Gasteiger partial charge is 0.348 e. The number of aromatic nitrogens is 2. The molecule has 1 aromatic carbocycles. The van der Waals surface area contributed by atoms with Crippen molar-refractivity contribution in [2.45, 2.75) is 45.7 Å². The molecule has 28 heavy (non-hydrogen) atoms. The number of benzene rings is 1. The first-order chi connectivity index (χ1) is 13.4. The lowest BCUT2D eigenvalue weighted by atomic mass is 9.89. The lowest BCUT2D eigenvalue weighted by Crippen LogP contribution is -2.34. The Morgan fingerprint density at radius 2 is 2.14 bits per heavy atom. The summed E-state index contributed by atoms with van der Waals surface area (Å²) in [6.07, 6.45) is 4.50. The molecule has 2 heterocycles. The highest BCUT2D eigenvalue weighted by Crippen LogP contribution is 2.35. The van der Waals surface area contributed by atoms with Crippen molar-refractivity contribution < 1.29 is 4.79 Å². The quantitative estimate of drug-likeness (QED) is 0.697. The highest BCUT2D eigenvalue weighted by Gasteiger charge is 2.23. The minimum Gasteiger partial charge on any atom is -0.348 e. The summed E-state index contributed by atoms with van der Waals surface area (Å²) in [6, 6.07) is 7.18. The van der Waals surface area contributed by atoms with Gasteiger partial charge in [0.05, 0.1) is 17.8 Å². The highest BCUT2D eigenvalue weighted by molar-refractivity contribution is 7.18. The third-order valence-corrected chi connectivity index (χ3v) is 6.76. The average Bonchev–Trinajstić information content (AvgIpc) is 3.02. The zero-order valence-corrected chi connectivity index (χ0v) is 17.4. The predicted octanol–water partition coefficient (Wildman–Crippen LogP) is 4.11. The Morgan fingerprint density at radius 1 is 1.39 bits per heavy atom. The molecule has 0 saturated carbocycles. The van der Waals surface area contributed by atoms with Crippen LogP contribution in [-0.4, -0.2) is 15.5 Å². The molecule has 0 saturated heterocycles. The van der Waals surface area contributed by atoms with Gasteiger partial charge < -0.3 is 5.32 Å². The van der Waals surface area contributed by atoms with Crippen LogP contribution in [0, 0.1) is 5.92 Å². The molecule has 0 unspecified atom stereocenters. The Balaban J connectivity index is 1.54. The van der Waals surface area contributed by atoms with E-state index in [1.54, 1.807) is 23.5 Å². The monoisotopic (exact) mass is 415 g/mol. The standard InChI is InChI=1S/C21H22ClN3O2S/c1-12-3-8-16-17(9-12)28-20-19(16)21(27)25(11-23-20)10-18(26)24-13(2)14-4-6-15(22)7-5-14/h4-7,11-13H,3,8-10H2,1-2H3,(H,24,26)/t12-,13-/m1/s1. The smallest absolute Gasteiger partial charge is 0.262 e. The van der Waals surface area contributed by atoms with E-state index >= 15 is 0 Å². The molecule has 0 aliphatic heterocycles. The second-order valence-corrected chi connectivity index (χ2v) is 9.07. The summed E-state index contributed by atoms with van der Waals surface area (Å²) in [4.78, 5) is 32.0. The summed E-state index contributed by atoms with van der Waals surface area (Å²) in [7, 11) is 0. The van der Waals surface area contributed by atoms with Crippen molar-refractivity contribution in [2.75, 3.05) is 0 Å². The summed E-state index contributed by atoms with van der Waals surface area (Å²) >= 11 is 7.53. The first-order valence-corrected chi connectivity index (χ1v) is 10.7. The maximum Gasteiger partial charge on any atom is 0.262 e. The van der Waals surface area contributed by atoms with E-state index in [0.29, 0.717) is 16.3 Å². The van der Waals surface area contributed by atoms with E-state index in [0.717, 1.165) is 35.2 Å². The minimum atomic E-state index is -0.219. The zero-order chi connectivity index (χ0) is 19.8. The molecular formula is C21H22ClN3O2S. The van der Waals surface area contributed by atoms with E-state index in [2.05, 4.69) is 17.2 Å². The second-order valence-electron chi connectivity index (χ2n) is 7.55. The number of thiophene rings is 1. The fourth-order valence-corrected chi connectivity index (χ4v) is 5.22. The number of fused-ring (bicyclic) bond motifs is 3. The number of hydrogen-bond acceptors (Lipinski definition) is 4. The van der Waals surface area contributed by atoms with E-state index in [9.17, 15) is 9.59 Å². The number of halogens is 1. The maximum absolute atomic E-state index is 13.0. The van der Waals surface area contributed by atoms with Gasteiger partial charge in [-0.3, -0.25) is 14.2 Å². The third kappa shape index (κ3) is 3.71. The number of nitrogens with one attached hydrogen (secondary N) is 1. The van der Waals surface area contributed by atoms with Crippen molar-refractivity contribution in [1.29, 1.82) is 0 Å². The Labute approximate surface area is 172 Å². The number of carbonyl (C=O) groups is 1. The van der Waals surface area contributed by atoms with Gasteiger partial charge in [-0.15, -0.1) is 11.3 Å². The van der Waals surface area contributed by atoms with Crippen LogP contribution in [0.5, 0.6) is 0 Å². The summed E-state index contributed by atoms with van der Waals surface area (Å²) in [5.41, 5.74) is 1.98. The number of carbonyl (C=O) groups excluding carboxylic acids is 1. The van der Waals surface area contributed by atoms with Crippen molar-refractivity contribution in [1.82, 2.24) is 14.9 Å². The van der Waals surface area contributed by atoms with Gasteiger partial charge in [-0.25, -0.2) is 4.98 Å². The first kappa shape index (κ1) is 19.2. The third-order valence-electron chi connectivity index (χ3n) is 5.34. The lowest BCUT2D eigenvalue weighted by molar-refractivity contribution is -0.122. The second kappa shape index (κ2) is 7.68. The molecular weight excluding hydrogens is 394 g/mol. The van der Waals surface area contributed by atoms with Gasteiger partial charge in [0.1, 0.15) is 11.4 Å². The zero-order valence-electron chi connectivity index (χ0n) is 15.9. The van der Waals surface area contributed by atoms with Gasteiger partial charge in [-0.1, -0.05) is 30.7 Å². The molecule has 1 aliphatic rings. The highest BCUT2D eigenvalue weighted by atomic mass is 35.5. The van der Waals surface area contributed by atoms with Gasteiger partial charge in [0.25, 0.3) is 5.56 Å². The number of nitrogens with zero attached hydrogens (tertiary/aromatic N) is 2. The molecule has 1 aliphatic carbocycles. The maximum atomic E-state index is 13.0. The van der Waals surface area contributed by atoms with Crippen molar-refractivity contribution in [2.24, 2.45) is 5.92 Å². The molecule has 7 heteroatoms. The SMILES string of the molecule is C[C@@H]1CCc2c(sc3ncn(CC(=O)N[C@H](C)c4ccc(Cl)cc4)c(=O)c23)C1. The Kier molecular flexibility index (Phi) is 5.25. The van der Waals surface area contributed by atoms with E-state index in [4.69, 9.17) is 11.6 Å². The fraction of sp³-hybridized carbons (Fsp3) is 0.381. The van der Waals surface area contributed by atoms with Crippen LogP contribution in [-0.2, 0) is 24.2 Å². The normalized spacial score (nSPS) is 17.3. The molecule has 0 spiro atoms.